The topological polar surface area (TPSA) is 62.8 Å². The molecule has 3 rings (SSSR count). The predicted molar refractivity (Wildman–Crippen MR) is 170 cm³/mol. The molecule has 0 radical (unpaired) electrons. The summed E-state index contributed by atoms with van der Waals surface area (Å²) < 4.78 is 12.2. The number of para-hydroxylation sites is 1. The monoisotopic (exact) mass is 565 g/mol. The SMILES string of the molecule is CC(C)(C)COCCc1ccc(CNC(C)(C)C)c(CCOc2ccccc2C(=O)N2CC[C@@H](NC(C)(C)C)C2)c1. The van der Waals surface area contributed by atoms with E-state index in [0.717, 1.165) is 45.5 Å². The van der Waals surface area contributed by atoms with E-state index in [1.807, 2.05) is 29.2 Å². The van der Waals surface area contributed by atoms with E-state index < -0.39 is 0 Å². The van der Waals surface area contributed by atoms with Crippen LogP contribution < -0.4 is 15.4 Å². The van der Waals surface area contributed by atoms with Gasteiger partial charge in [0, 0.05) is 43.2 Å². The van der Waals surface area contributed by atoms with E-state index in [1.54, 1.807) is 0 Å². The normalized spacial score (nSPS) is 16.3. The lowest BCUT2D eigenvalue weighted by atomic mass is 9.98. The van der Waals surface area contributed by atoms with Crippen LogP contribution in [0.1, 0.15) is 95.8 Å². The Labute approximate surface area is 249 Å². The van der Waals surface area contributed by atoms with Crippen molar-refractivity contribution in [2.75, 3.05) is 32.9 Å². The van der Waals surface area contributed by atoms with Gasteiger partial charge in [0.25, 0.3) is 5.91 Å². The molecule has 6 nitrogen and oxygen atoms in total. The highest BCUT2D eigenvalue weighted by atomic mass is 16.5. The zero-order valence-corrected chi connectivity index (χ0v) is 27.2. The Hall–Kier alpha value is -2.41. The lowest BCUT2D eigenvalue weighted by molar-refractivity contribution is 0.0733. The van der Waals surface area contributed by atoms with E-state index in [9.17, 15) is 4.79 Å². The highest BCUT2D eigenvalue weighted by Crippen LogP contribution is 2.24. The second-order valence-electron chi connectivity index (χ2n) is 14.8. The first kappa shape index (κ1) is 33.1. The number of rotatable bonds is 12. The fourth-order valence-electron chi connectivity index (χ4n) is 5.05. The Morgan fingerprint density at radius 3 is 2.32 bits per heavy atom. The van der Waals surface area contributed by atoms with Gasteiger partial charge in [-0.2, -0.15) is 0 Å². The highest BCUT2D eigenvalue weighted by molar-refractivity contribution is 5.97. The summed E-state index contributed by atoms with van der Waals surface area (Å²) in [7, 11) is 0. The van der Waals surface area contributed by atoms with Crippen LogP contribution in [0.4, 0.5) is 0 Å². The number of amides is 1. The molecule has 0 spiro atoms. The van der Waals surface area contributed by atoms with Gasteiger partial charge in [-0.1, -0.05) is 51.1 Å². The molecule has 2 aromatic rings. The lowest BCUT2D eigenvalue weighted by Crippen LogP contribution is -2.45. The predicted octanol–water partition coefficient (Wildman–Crippen LogP) is 6.40. The van der Waals surface area contributed by atoms with Gasteiger partial charge < -0.3 is 25.0 Å². The first-order valence-corrected chi connectivity index (χ1v) is 15.3. The number of likely N-dealkylation sites (tertiary alicyclic amines) is 1. The first-order valence-electron chi connectivity index (χ1n) is 15.3. The van der Waals surface area contributed by atoms with Gasteiger partial charge in [-0.25, -0.2) is 0 Å². The van der Waals surface area contributed by atoms with Crippen molar-refractivity contribution in [3.63, 3.8) is 0 Å². The number of hydrogen-bond acceptors (Lipinski definition) is 5. The van der Waals surface area contributed by atoms with Crippen LogP contribution in [-0.2, 0) is 24.1 Å². The van der Waals surface area contributed by atoms with Crippen molar-refractivity contribution >= 4 is 5.91 Å². The number of carbonyl (C=O) groups excluding carboxylic acids is 1. The Morgan fingerprint density at radius 1 is 0.902 bits per heavy atom. The van der Waals surface area contributed by atoms with Crippen LogP contribution in [0.25, 0.3) is 0 Å². The van der Waals surface area contributed by atoms with Crippen LogP contribution in [0, 0.1) is 5.41 Å². The van der Waals surface area contributed by atoms with Crippen molar-refractivity contribution in [3.8, 4) is 5.75 Å². The molecule has 6 heteroatoms. The molecule has 0 aromatic heterocycles. The highest BCUT2D eigenvalue weighted by Gasteiger charge is 2.30. The molecule has 1 fully saturated rings. The zero-order chi connectivity index (χ0) is 30.3. The number of carbonyl (C=O) groups is 1. The molecule has 2 N–H and O–H groups in total. The molecule has 1 aliphatic rings. The smallest absolute Gasteiger partial charge is 0.257 e. The maximum absolute atomic E-state index is 13.5. The van der Waals surface area contributed by atoms with Crippen LogP contribution >= 0.6 is 0 Å². The van der Waals surface area contributed by atoms with Gasteiger partial charge in [0.15, 0.2) is 0 Å². The van der Waals surface area contributed by atoms with Gasteiger partial charge in [-0.05, 0) is 88.6 Å². The number of ether oxygens (including phenoxy) is 2. The van der Waals surface area contributed by atoms with Gasteiger partial charge in [0.1, 0.15) is 5.75 Å². The summed E-state index contributed by atoms with van der Waals surface area (Å²) in [6.45, 7) is 23.9. The summed E-state index contributed by atoms with van der Waals surface area (Å²) in [6, 6.07) is 14.7. The second-order valence-corrected chi connectivity index (χ2v) is 14.8. The number of nitrogens with zero attached hydrogens (tertiary/aromatic N) is 1. The summed E-state index contributed by atoms with van der Waals surface area (Å²) in [5.41, 5.74) is 4.70. The molecule has 0 unspecified atom stereocenters. The number of hydrogen-bond donors (Lipinski definition) is 2. The van der Waals surface area contributed by atoms with Gasteiger partial charge in [0.2, 0.25) is 0 Å². The van der Waals surface area contributed by atoms with Crippen molar-refractivity contribution in [1.29, 1.82) is 0 Å². The van der Waals surface area contributed by atoms with Gasteiger partial charge >= 0.3 is 0 Å². The third-order valence-corrected chi connectivity index (χ3v) is 7.01. The third-order valence-electron chi connectivity index (χ3n) is 7.01. The summed E-state index contributed by atoms with van der Waals surface area (Å²) in [5.74, 6) is 0.706. The molecule has 1 atom stereocenters. The molecule has 0 aliphatic carbocycles. The standard InChI is InChI=1S/C35H55N3O3/c1-33(2,3)25-40-20-17-26-14-15-28(23-36-34(4,5)6)27(22-26)18-21-41-31-13-11-10-12-30(31)32(39)38-19-16-29(24-38)37-35(7,8)9/h10-15,22,29,36-37H,16-21,23-25H2,1-9H3/t29-/m1/s1. The fourth-order valence-corrected chi connectivity index (χ4v) is 5.05. The summed E-state index contributed by atoms with van der Waals surface area (Å²) in [4.78, 5) is 15.4. The van der Waals surface area contributed by atoms with E-state index in [-0.39, 0.29) is 22.4 Å². The summed E-state index contributed by atoms with van der Waals surface area (Å²) in [5, 5.41) is 7.26. The Bertz CT molecular complexity index is 1120. The molecule has 1 amide bonds. The maximum Gasteiger partial charge on any atom is 0.257 e. The average Bonchev–Trinajstić information content (AvgIpc) is 3.31. The minimum atomic E-state index is 0.0305. The van der Waals surface area contributed by atoms with Crippen molar-refractivity contribution in [1.82, 2.24) is 15.5 Å². The van der Waals surface area contributed by atoms with Crippen LogP contribution in [0.15, 0.2) is 42.5 Å². The fraction of sp³-hybridized carbons (Fsp3) is 0.629. The van der Waals surface area contributed by atoms with Gasteiger partial charge in [-0.3, -0.25) is 4.79 Å². The van der Waals surface area contributed by atoms with Crippen LogP contribution in [0.5, 0.6) is 5.75 Å². The minimum absolute atomic E-state index is 0.0305. The molecular weight excluding hydrogens is 510 g/mol. The maximum atomic E-state index is 13.5. The van der Waals surface area contributed by atoms with Crippen molar-refractivity contribution < 1.29 is 14.3 Å². The lowest BCUT2D eigenvalue weighted by Gasteiger charge is -2.26. The first-order chi connectivity index (χ1) is 19.1. The van der Waals surface area contributed by atoms with Crippen LogP contribution in [0.3, 0.4) is 0 Å². The molecule has 1 heterocycles. The van der Waals surface area contributed by atoms with E-state index in [0.29, 0.717) is 30.6 Å². The van der Waals surface area contributed by atoms with Crippen LogP contribution in [0.2, 0.25) is 0 Å². The Morgan fingerprint density at radius 2 is 1.63 bits per heavy atom. The molecular formula is C35H55N3O3. The Kier molecular flexibility index (Phi) is 11.4. The average molecular weight is 566 g/mol. The molecule has 0 bridgehead atoms. The largest absolute Gasteiger partial charge is 0.492 e. The van der Waals surface area contributed by atoms with E-state index >= 15 is 0 Å². The van der Waals surface area contributed by atoms with Crippen molar-refractivity contribution in [2.24, 2.45) is 5.41 Å². The zero-order valence-electron chi connectivity index (χ0n) is 27.2. The van der Waals surface area contributed by atoms with Crippen molar-refractivity contribution in [3.05, 3.63) is 64.7 Å². The summed E-state index contributed by atoms with van der Waals surface area (Å²) in [6.07, 6.45) is 2.62. The summed E-state index contributed by atoms with van der Waals surface area (Å²) >= 11 is 0. The number of nitrogens with one attached hydrogen (secondary N) is 2. The van der Waals surface area contributed by atoms with Gasteiger partial charge in [0.05, 0.1) is 25.4 Å². The molecule has 228 valence electrons. The van der Waals surface area contributed by atoms with Gasteiger partial charge in [-0.15, -0.1) is 0 Å². The van der Waals surface area contributed by atoms with Crippen molar-refractivity contribution in [2.45, 2.75) is 105 Å². The van der Waals surface area contributed by atoms with Crippen LogP contribution in [-0.4, -0.2) is 60.8 Å². The third kappa shape index (κ3) is 11.8. The quantitative estimate of drug-likeness (QED) is 0.292. The minimum Gasteiger partial charge on any atom is -0.492 e. The molecule has 1 aliphatic heterocycles. The second kappa shape index (κ2) is 14.2. The van der Waals surface area contributed by atoms with E-state index in [4.69, 9.17) is 9.47 Å². The molecule has 2 aromatic carbocycles. The molecule has 41 heavy (non-hydrogen) atoms. The van der Waals surface area contributed by atoms with E-state index in [1.165, 1.54) is 16.7 Å². The molecule has 0 saturated carbocycles. The number of benzene rings is 2. The van der Waals surface area contributed by atoms with E-state index in [2.05, 4.69) is 91.1 Å². The molecule has 1 saturated heterocycles. The Balaban J connectivity index is 1.66.